The Kier molecular flexibility index (Phi) is 5.37. The number of hydrogen-bond acceptors (Lipinski definition) is 6. The third-order valence-electron chi connectivity index (χ3n) is 2.48. The molecule has 0 saturated carbocycles. The van der Waals surface area contributed by atoms with Gasteiger partial charge < -0.3 is 0 Å². The maximum absolute atomic E-state index is 14.4. The van der Waals surface area contributed by atoms with Crippen molar-refractivity contribution >= 4 is 11.8 Å². The molecule has 1 heterocycles. The van der Waals surface area contributed by atoms with Gasteiger partial charge in [0.1, 0.15) is 0 Å². The molecule has 0 aliphatic heterocycles. The van der Waals surface area contributed by atoms with Gasteiger partial charge in [0.25, 0.3) is 0 Å². The number of hydrogen-bond donors (Lipinski definition) is 4. The van der Waals surface area contributed by atoms with Crippen molar-refractivity contribution in [2.24, 2.45) is 4.40 Å². The number of anilines is 2. The number of aromatic nitrogens is 2. The molecule has 0 aliphatic rings. The average molecular weight is 455 g/mol. The van der Waals surface area contributed by atoms with Crippen LogP contribution in [0, 0.1) is 5.82 Å². The van der Waals surface area contributed by atoms with Gasteiger partial charge in [-0.3, -0.25) is 0 Å². The van der Waals surface area contributed by atoms with Crippen LogP contribution in [0.15, 0.2) is 30.3 Å². The zero-order valence-electron chi connectivity index (χ0n) is 10.6. The fraction of sp³-hybridized carbons (Fsp3) is 0.167. The molecule has 2 aromatic rings. The Morgan fingerprint density at radius 1 is 1.15 bits per heavy atom. The van der Waals surface area contributed by atoms with E-state index in [-0.39, 0.29) is 17.5 Å². The zero-order chi connectivity index (χ0) is 14.4. The third-order valence-corrected chi connectivity index (χ3v) is 3.57. The van der Waals surface area contributed by atoms with E-state index in [9.17, 15) is 4.39 Å². The summed E-state index contributed by atoms with van der Waals surface area (Å²) in [4.78, 5) is 7.86. The van der Waals surface area contributed by atoms with E-state index in [2.05, 4.69) is 19.3 Å². The van der Waals surface area contributed by atoms with Crippen LogP contribution in [0.4, 0.5) is 16.2 Å². The first-order valence-corrected chi connectivity index (χ1v) is 8.43. The molecule has 6 nitrogen and oxygen atoms in total. The van der Waals surface area contributed by atoms with Crippen molar-refractivity contribution in [3.63, 3.8) is 0 Å². The van der Waals surface area contributed by atoms with Gasteiger partial charge in [-0.2, -0.15) is 0 Å². The Hall–Kier alpha value is -1.60. The Balaban J connectivity index is 2.24. The number of benzene rings is 1. The average Bonchev–Trinajstić information content (AvgIpc) is 2.47. The van der Waals surface area contributed by atoms with E-state index in [1.165, 1.54) is 0 Å². The number of rotatable bonds is 6. The SMILES string of the molecule is [NH2][Ir][NH]CCNc1nc(N)nc(-c2ccccc2)c1F. The van der Waals surface area contributed by atoms with Crippen LogP contribution in [-0.2, 0) is 18.2 Å². The molecule has 0 unspecified atom stereocenters. The summed E-state index contributed by atoms with van der Waals surface area (Å²) < 4.78 is 22.8. The second kappa shape index (κ2) is 7.25. The number of nitrogen functional groups attached to an aromatic ring is 1. The Morgan fingerprint density at radius 2 is 1.90 bits per heavy atom. The Labute approximate surface area is 124 Å². The zero-order valence-corrected chi connectivity index (χ0v) is 13.0. The third kappa shape index (κ3) is 3.70. The molecule has 6 N–H and O–H groups in total. The summed E-state index contributed by atoms with van der Waals surface area (Å²) in [6.07, 6.45) is 0. The Bertz CT molecular complexity index is 565. The first-order valence-electron chi connectivity index (χ1n) is 5.85. The summed E-state index contributed by atoms with van der Waals surface area (Å²) in [6, 6.07) is 9.03. The van der Waals surface area contributed by atoms with Crippen molar-refractivity contribution < 1.29 is 22.6 Å². The van der Waals surface area contributed by atoms with Crippen LogP contribution >= 0.6 is 0 Å². The van der Waals surface area contributed by atoms with Crippen LogP contribution in [-0.4, -0.2) is 23.1 Å². The van der Waals surface area contributed by atoms with Gasteiger partial charge in [0.05, 0.1) is 0 Å². The van der Waals surface area contributed by atoms with Crippen LogP contribution in [0.2, 0.25) is 0 Å². The minimum atomic E-state index is -0.588. The molecule has 1 aromatic heterocycles. The van der Waals surface area contributed by atoms with Crippen molar-refractivity contribution in [3.05, 3.63) is 36.1 Å². The quantitative estimate of drug-likeness (QED) is 0.481. The second-order valence-corrected chi connectivity index (χ2v) is 5.39. The van der Waals surface area contributed by atoms with E-state index in [4.69, 9.17) is 10.1 Å². The molecule has 0 saturated heterocycles. The molecular formula is C12H15FIrN6. The van der Waals surface area contributed by atoms with E-state index < -0.39 is 24.0 Å². The standard InChI is InChI=1S/C12H13FN5.Ir.H2N/c13-9-10(8-4-2-1-3-5-8)17-12(15)18-11(9)16-7-6-14;;/h1-5,14H,6-7H2,(H3,15,16,17,18);;1H2/q-1;+2;-1. The van der Waals surface area contributed by atoms with E-state index in [1.807, 2.05) is 18.2 Å². The van der Waals surface area contributed by atoms with Gasteiger partial charge in [0.2, 0.25) is 0 Å². The fourth-order valence-corrected chi connectivity index (χ4v) is 2.28. The Morgan fingerprint density at radius 3 is 2.60 bits per heavy atom. The molecule has 109 valence electrons. The second-order valence-electron chi connectivity index (χ2n) is 3.85. The van der Waals surface area contributed by atoms with Crippen molar-refractivity contribution in [1.29, 1.82) is 0 Å². The normalized spacial score (nSPS) is 10.7. The number of halogens is 1. The monoisotopic (exact) mass is 455 g/mol. The van der Waals surface area contributed by atoms with Gasteiger partial charge in [-0.05, 0) is 0 Å². The van der Waals surface area contributed by atoms with Gasteiger partial charge in [0.15, 0.2) is 0 Å². The van der Waals surface area contributed by atoms with E-state index >= 15 is 0 Å². The molecular weight excluding hydrogens is 439 g/mol. The van der Waals surface area contributed by atoms with Gasteiger partial charge in [0, 0.05) is 0 Å². The summed E-state index contributed by atoms with van der Waals surface area (Å²) in [6.45, 7) is 1.17. The van der Waals surface area contributed by atoms with Crippen molar-refractivity contribution in [3.8, 4) is 11.3 Å². The number of nitrogens with two attached hydrogens (primary N) is 2. The molecule has 1 aromatic carbocycles. The topological polar surface area (TPSA) is 102 Å². The van der Waals surface area contributed by atoms with Gasteiger partial charge in [-0.15, -0.1) is 0 Å². The summed E-state index contributed by atoms with van der Waals surface area (Å²) >= 11 is -0.588. The molecule has 0 spiro atoms. The van der Waals surface area contributed by atoms with Crippen LogP contribution in [0.3, 0.4) is 0 Å². The van der Waals surface area contributed by atoms with E-state index in [0.29, 0.717) is 18.7 Å². The predicted octanol–water partition coefficient (Wildman–Crippen LogP) is 0.738. The van der Waals surface area contributed by atoms with Crippen LogP contribution < -0.4 is 19.4 Å². The summed E-state index contributed by atoms with van der Waals surface area (Å²) in [5, 5.41) is 2.89. The summed E-state index contributed by atoms with van der Waals surface area (Å²) in [5.41, 5.74) is 6.49. The fourth-order valence-electron chi connectivity index (χ4n) is 1.64. The molecule has 0 aliphatic carbocycles. The van der Waals surface area contributed by atoms with Crippen LogP contribution in [0.1, 0.15) is 0 Å². The molecule has 8 heteroatoms. The number of nitrogens with zero attached hydrogens (tertiary/aromatic N) is 2. The molecule has 0 atom stereocenters. The summed E-state index contributed by atoms with van der Waals surface area (Å²) in [7, 11) is 0. The first-order chi connectivity index (χ1) is 9.72. The van der Waals surface area contributed by atoms with Crippen LogP contribution in [0.5, 0.6) is 0 Å². The predicted molar refractivity (Wildman–Crippen MR) is 72.5 cm³/mol. The van der Waals surface area contributed by atoms with Crippen molar-refractivity contribution in [2.45, 2.75) is 0 Å². The first kappa shape index (κ1) is 14.8. The van der Waals surface area contributed by atoms with Crippen molar-refractivity contribution in [2.75, 3.05) is 24.1 Å². The van der Waals surface area contributed by atoms with Gasteiger partial charge in [-0.25, -0.2) is 0 Å². The molecule has 0 amide bonds. The van der Waals surface area contributed by atoms with E-state index in [0.717, 1.165) is 0 Å². The molecule has 2 rings (SSSR count). The minimum absolute atomic E-state index is 0.0352. The molecule has 0 bridgehead atoms. The maximum atomic E-state index is 14.4. The molecule has 0 radical (unpaired) electrons. The van der Waals surface area contributed by atoms with E-state index in [1.54, 1.807) is 12.1 Å². The van der Waals surface area contributed by atoms with Gasteiger partial charge in [-0.1, -0.05) is 0 Å². The number of nitrogens with one attached hydrogen (secondary N) is 2. The molecule has 20 heavy (non-hydrogen) atoms. The van der Waals surface area contributed by atoms with Gasteiger partial charge >= 0.3 is 124 Å². The van der Waals surface area contributed by atoms with Crippen molar-refractivity contribution in [1.82, 2.24) is 14.0 Å². The molecule has 0 fully saturated rings. The van der Waals surface area contributed by atoms with Crippen LogP contribution in [0.25, 0.3) is 11.3 Å². The summed E-state index contributed by atoms with van der Waals surface area (Å²) in [5.74, 6) is -0.364.